The Balaban J connectivity index is 2.97. The molecule has 94 valence electrons. The first-order valence-corrected chi connectivity index (χ1v) is 5.48. The molecule has 0 saturated heterocycles. The van der Waals surface area contributed by atoms with Crippen molar-refractivity contribution in [3.63, 3.8) is 0 Å². The van der Waals surface area contributed by atoms with E-state index < -0.39 is 0 Å². The number of hydrogen-bond donors (Lipinski definition) is 2. The molecule has 0 atom stereocenters. The maximum absolute atomic E-state index is 11.6. The van der Waals surface area contributed by atoms with Gasteiger partial charge in [0.1, 0.15) is 0 Å². The molecule has 0 aliphatic carbocycles. The molecule has 0 fully saturated rings. The van der Waals surface area contributed by atoms with Crippen LogP contribution in [0.25, 0.3) is 0 Å². The van der Waals surface area contributed by atoms with Crippen molar-refractivity contribution in [2.75, 3.05) is 37.4 Å². The molecule has 0 amide bonds. The molecule has 0 heterocycles. The maximum Gasteiger partial charge on any atom is 0.338 e. The molecule has 1 rings (SSSR count). The van der Waals surface area contributed by atoms with E-state index in [4.69, 9.17) is 15.6 Å². The van der Waals surface area contributed by atoms with Gasteiger partial charge in [0, 0.05) is 13.6 Å². The van der Waals surface area contributed by atoms with E-state index in [9.17, 15) is 4.79 Å². The van der Waals surface area contributed by atoms with Crippen molar-refractivity contribution in [3.8, 4) is 0 Å². The Hall–Kier alpha value is -1.75. The predicted octanol–water partition coefficient (Wildman–Crippen LogP) is 0.874. The van der Waals surface area contributed by atoms with Gasteiger partial charge in [-0.3, -0.25) is 0 Å². The van der Waals surface area contributed by atoms with Crippen LogP contribution in [0, 0.1) is 0 Å². The number of nitrogens with two attached hydrogens (primary N) is 1. The van der Waals surface area contributed by atoms with Crippen LogP contribution in [-0.4, -0.2) is 37.9 Å². The number of benzene rings is 1. The quantitative estimate of drug-likeness (QED) is 0.588. The second-order valence-corrected chi connectivity index (χ2v) is 3.64. The summed E-state index contributed by atoms with van der Waals surface area (Å²) in [5.41, 5.74) is 7.55. The summed E-state index contributed by atoms with van der Waals surface area (Å²) in [5, 5.41) is 8.88. The lowest BCUT2D eigenvalue weighted by Crippen LogP contribution is -2.22. The third-order valence-corrected chi connectivity index (χ3v) is 2.39. The second-order valence-electron chi connectivity index (χ2n) is 3.64. The van der Waals surface area contributed by atoms with Crippen molar-refractivity contribution >= 4 is 17.3 Å². The fourth-order valence-corrected chi connectivity index (χ4v) is 1.49. The van der Waals surface area contributed by atoms with Crippen LogP contribution < -0.4 is 10.6 Å². The number of nitrogen functional groups attached to an aromatic ring is 1. The van der Waals surface area contributed by atoms with Crippen LogP contribution in [0.3, 0.4) is 0 Å². The Labute approximate surface area is 101 Å². The minimum Gasteiger partial charge on any atom is -0.462 e. The number of aliphatic hydroxyl groups is 1. The fraction of sp³-hybridized carbons (Fsp3) is 0.417. The van der Waals surface area contributed by atoms with Gasteiger partial charge < -0.3 is 20.5 Å². The molecular formula is C12H18N2O3. The van der Waals surface area contributed by atoms with Crippen molar-refractivity contribution < 1.29 is 14.6 Å². The van der Waals surface area contributed by atoms with Gasteiger partial charge in [0.2, 0.25) is 0 Å². The van der Waals surface area contributed by atoms with Crippen molar-refractivity contribution in [3.05, 3.63) is 23.8 Å². The van der Waals surface area contributed by atoms with E-state index in [2.05, 4.69) is 0 Å². The molecule has 0 aliphatic heterocycles. The number of ether oxygens (including phenoxy) is 1. The van der Waals surface area contributed by atoms with Crippen molar-refractivity contribution in [2.45, 2.75) is 6.92 Å². The molecule has 0 unspecified atom stereocenters. The smallest absolute Gasteiger partial charge is 0.338 e. The molecule has 0 bridgehead atoms. The van der Waals surface area contributed by atoms with E-state index in [-0.39, 0.29) is 12.6 Å². The maximum atomic E-state index is 11.6. The van der Waals surface area contributed by atoms with Gasteiger partial charge in [0.25, 0.3) is 0 Å². The van der Waals surface area contributed by atoms with Crippen LogP contribution in [0.1, 0.15) is 17.3 Å². The Bertz CT molecular complexity index is 393. The minimum atomic E-state index is -0.369. The number of rotatable bonds is 5. The molecule has 0 aliphatic rings. The second kappa shape index (κ2) is 6.10. The summed E-state index contributed by atoms with van der Waals surface area (Å²) in [7, 11) is 1.80. The molecule has 0 aromatic heterocycles. The van der Waals surface area contributed by atoms with E-state index in [0.29, 0.717) is 30.1 Å². The van der Waals surface area contributed by atoms with E-state index >= 15 is 0 Å². The summed E-state index contributed by atoms with van der Waals surface area (Å²) in [6.07, 6.45) is 0. The SMILES string of the molecule is CCOC(=O)c1ccc(N)c(N(C)CCO)c1. The number of likely N-dealkylation sites (N-methyl/N-ethyl adjacent to an activating group) is 1. The number of hydrogen-bond acceptors (Lipinski definition) is 5. The highest BCUT2D eigenvalue weighted by molar-refractivity contribution is 5.92. The fourth-order valence-electron chi connectivity index (χ4n) is 1.49. The van der Waals surface area contributed by atoms with Gasteiger partial charge >= 0.3 is 5.97 Å². The largest absolute Gasteiger partial charge is 0.462 e. The van der Waals surface area contributed by atoms with Crippen molar-refractivity contribution in [2.24, 2.45) is 0 Å². The minimum absolute atomic E-state index is 0.0274. The third kappa shape index (κ3) is 3.35. The molecule has 1 aromatic rings. The lowest BCUT2D eigenvalue weighted by molar-refractivity contribution is 0.0526. The van der Waals surface area contributed by atoms with Gasteiger partial charge in [-0.2, -0.15) is 0 Å². The summed E-state index contributed by atoms with van der Waals surface area (Å²) in [6, 6.07) is 4.96. The van der Waals surface area contributed by atoms with E-state index in [1.807, 2.05) is 0 Å². The predicted molar refractivity (Wildman–Crippen MR) is 67.2 cm³/mol. The standard InChI is InChI=1S/C12H18N2O3/c1-3-17-12(16)9-4-5-10(13)11(8-9)14(2)6-7-15/h4-5,8,15H,3,6-7,13H2,1-2H3. The monoisotopic (exact) mass is 238 g/mol. The summed E-state index contributed by atoms with van der Waals surface area (Å²) in [6.45, 7) is 2.58. The average molecular weight is 238 g/mol. The van der Waals surface area contributed by atoms with E-state index in [1.54, 1.807) is 37.1 Å². The number of carbonyl (C=O) groups excluding carboxylic acids is 1. The first kappa shape index (κ1) is 13.3. The molecule has 5 heteroatoms. The third-order valence-electron chi connectivity index (χ3n) is 2.39. The van der Waals surface area contributed by atoms with Gasteiger partial charge in [-0.1, -0.05) is 0 Å². The lowest BCUT2D eigenvalue weighted by atomic mass is 10.1. The Kier molecular flexibility index (Phi) is 4.78. The van der Waals surface area contributed by atoms with Gasteiger partial charge in [-0.25, -0.2) is 4.79 Å². The lowest BCUT2D eigenvalue weighted by Gasteiger charge is -2.20. The molecule has 1 aromatic carbocycles. The van der Waals surface area contributed by atoms with Gasteiger partial charge in [-0.05, 0) is 25.1 Å². The average Bonchev–Trinajstić information content (AvgIpc) is 2.30. The summed E-state index contributed by atoms with van der Waals surface area (Å²) in [5.74, 6) is -0.369. The number of anilines is 2. The number of carbonyl (C=O) groups is 1. The summed E-state index contributed by atoms with van der Waals surface area (Å²) >= 11 is 0. The first-order chi connectivity index (χ1) is 8.10. The van der Waals surface area contributed by atoms with Gasteiger partial charge in [-0.15, -0.1) is 0 Å². The van der Waals surface area contributed by atoms with Crippen LogP contribution in [0.2, 0.25) is 0 Å². The van der Waals surface area contributed by atoms with Gasteiger partial charge in [0.15, 0.2) is 0 Å². The Morgan fingerprint density at radius 2 is 2.24 bits per heavy atom. The molecule has 0 radical (unpaired) electrons. The molecule has 3 N–H and O–H groups in total. The first-order valence-electron chi connectivity index (χ1n) is 5.48. The van der Waals surface area contributed by atoms with E-state index in [0.717, 1.165) is 0 Å². The van der Waals surface area contributed by atoms with Crippen LogP contribution in [0.4, 0.5) is 11.4 Å². The molecular weight excluding hydrogens is 220 g/mol. The van der Waals surface area contributed by atoms with Crippen molar-refractivity contribution in [1.29, 1.82) is 0 Å². The highest BCUT2D eigenvalue weighted by Gasteiger charge is 2.11. The van der Waals surface area contributed by atoms with Crippen LogP contribution in [0.15, 0.2) is 18.2 Å². The topological polar surface area (TPSA) is 75.8 Å². The van der Waals surface area contributed by atoms with Crippen LogP contribution in [-0.2, 0) is 4.74 Å². The zero-order valence-electron chi connectivity index (χ0n) is 10.1. The Morgan fingerprint density at radius 3 is 2.82 bits per heavy atom. The highest BCUT2D eigenvalue weighted by atomic mass is 16.5. The molecule has 5 nitrogen and oxygen atoms in total. The molecule has 17 heavy (non-hydrogen) atoms. The zero-order chi connectivity index (χ0) is 12.8. The summed E-state index contributed by atoms with van der Waals surface area (Å²) in [4.78, 5) is 13.3. The molecule has 0 spiro atoms. The molecule has 0 saturated carbocycles. The number of nitrogens with zero attached hydrogens (tertiary/aromatic N) is 1. The number of aliphatic hydroxyl groups excluding tert-OH is 1. The normalized spacial score (nSPS) is 10.1. The van der Waals surface area contributed by atoms with Crippen molar-refractivity contribution in [1.82, 2.24) is 0 Å². The van der Waals surface area contributed by atoms with Crippen LogP contribution in [0.5, 0.6) is 0 Å². The van der Waals surface area contributed by atoms with Gasteiger partial charge in [0.05, 0.1) is 30.2 Å². The zero-order valence-corrected chi connectivity index (χ0v) is 10.1. The summed E-state index contributed by atoms with van der Waals surface area (Å²) < 4.78 is 4.91. The number of esters is 1. The highest BCUT2D eigenvalue weighted by Crippen LogP contribution is 2.23. The Morgan fingerprint density at radius 1 is 1.53 bits per heavy atom. The van der Waals surface area contributed by atoms with E-state index in [1.165, 1.54) is 0 Å². The van der Waals surface area contributed by atoms with Crippen LogP contribution >= 0.6 is 0 Å².